The van der Waals surface area contributed by atoms with Crippen molar-refractivity contribution in [2.45, 2.75) is 19.4 Å². The largest absolute Gasteiger partial charge is 0.460 e. The molecule has 0 amide bonds. The number of carbonyl (C=O) groups is 2. The maximum atomic E-state index is 10.6. The number of rotatable bonds is 0. The van der Waals surface area contributed by atoms with E-state index in [0.29, 0.717) is 0 Å². The van der Waals surface area contributed by atoms with E-state index in [1.807, 2.05) is 0 Å². The van der Waals surface area contributed by atoms with E-state index in [4.69, 9.17) is 4.74 Å². The molecular formula is C6H8O4. The van der Waals surface area contributed by atoms with Gasteiger partial charge in [0.1, 0.15) is 6.10 Å². The summed E-state index contributed by atoms with van der Waals surface area (Å²) in [5, 5.41) is 0. The maximum absolute atomic E-state index is 10.6. The van der Waals surface area contributed by atoms with Gasteiger partial charge in [0.05, 0.1) is 6.42 Å². The SMILES string of the molecule is C[C@@H]1CC(=O)OCC(=O)O1. The van der Waals surface area contributed by atoms with Gasteiger partial charge in [0.15, 0.2) is 6.61 Å². The minimum Gasteiger partial charge on any atom is -0.460 e. The van der Waals surface area contributed by atoms with Crippen LogP contribution in [0.2, 0.25) is 0 Å². The van der Waals surface area contributed by atoms with Gasteiger partial charge in [-0.15, -0.1) is 0 Å². The molecule has 4 nitrogen and oxygen atoms in total. The predicted molar refractivity (Wildman–Crippen MR) is 31.1 cm³/mol. The van der Waals surface area contributed by atoms with Crippen LogP contribution >= 0.6 is 0 Å². The highest BCUT2D eigenvalue weighted by atomic mass is 16.6. The molecule has 0 saturated carbocycles. The Balaban J connectivity index is 2.54. The first-order valence-corrected chi connectivity index (χ1v) is 3.03. The Bertz CT molecular complexity index is 145. The normalized spacial score (nSPS) is 26.7. The van der Waals surface area contributed by atoms with Crippen molar-refractivity contribution in [2.24, 2.45) is 0 Å². The number of hydrogen-bond acceptors (Lipinski definition) is 4. The molecule has 0 aromatic rings. The topological polar surface area (TPSA) is 52.6 Å². The Kier molecular flexibility index (Phi) is 1.89. The van der Waals surface area contributed by atoms with E-state index in [2.05, 4.69) is 4.74 Å². The van der Waals surface area contributed by atoms with Gasteiger partial charge in [-0.05, 0) is 6.92 Å². The van der Waals surface area contributed by atoms with Gasteiger partial charge in [0, 0.05) is 0 Å². The van der Waals surface area contributed by atoms with Crippen molar-refractivity contribution >= 4 is 11.9 Å². The van der Waals surface area contributed by atoms with Crippen molar-refractivity contribution in [3.05, 3.63) is 0 Å². The maximum Gasteiger partial charge on any atom is 0.344 e. The van der Waals surface area contributed by atoms with Crippen LogP contribution in [0, 0.1) is 0 Å². The molecule has 10 heavy (non-hydrogen) atoms. The molecule has 1 atom stereocenters. The second kappa shape index (κ2) is 2.68. The van der Waals surface area contributed by atoms with Crippen LogP contribution in [0.1, 0.15) is 13.3 Å². The van der Waals surface area contributed by atoms with Crippen LogP contribution in [0.5, 0.6) is 0 Å². The summed E-state index contributed by atoms with van der Waals surface area (Å²) in [6.45, 7) is 1.41. The Hall–Kier alpha value is -1.06. The summed E-state index contributed by atoms with van der Waals surface area (Å²) in [6.07, 6.45) is -0.186. The van der Waals surface area contributed by atoms with Crippen molar-refractivity contribution < 1.29 is 19.1 Å². The average Bonchev–Trinajstić information content (AvgIpc) is 1.93. The lowest BCUT2D eigenvalue weighted by atomic mass is 10.3. The third kappa shape index (κ3) is 1.72. The second-order valence-electron chi connectivity index (χ2n) is 2.17. The zero-order valence-corrected chi connectivity index (χ0v) is 5.62. The van der Waals surface area contributed by atoms with Crippen molar-refractivity contribution in [1.29, 1.82) is 0 Å². The van der Waals surface area contributed by atoms with Gasteiger partial charge in [-0.1, -0.05) is 0 Å². The summed E-state index contributed by atoms with van der Waals surface area (Å²) in [7, 11) is 0. The molecule has 0 unspecified atom stereocenters. The highest BCUT2D eigenvalue weighted by molar-refractivity contribution is 5.78. The molecule has 1 aliphatic heterocycles. The molecule has 0 spiro atoms. The van der Waals surface area contributed by atoms with Crippen LogP contribution in [0.25, 0.3) is 0 Å². The standard InChI is InChI=1S/C6H8O4/c1-4-2-5(7)9-3-6(8)10-4/h4H,2-3H2,1H3/t4-/m1/s1. The van der Waals surface area contributed by atoms with E-state index in [1.165, 1.54) is 0 Å². The molecule has 0 N–H and O–H groups in total. The van der Waals surface area contributed by atoms with Crippen molar-refractivity contribution in [3.63, 3.8) is 0 Å². The molecule has 56 valence electrons. The Morgan fingerprint density at radius 3 is 2.80 bits per heavy atom. The predicted octanol–water partition coefficient (Wildman–Crippen LogP) is -0.135. The first kappa shape index (κ1) is 7.05. The first-order chi connectivity index (χ1) is 4.68. The number of ether oxygens (including phenoxy) is 2. The Morgan fingerprint density at radius 2 is 2.10 bits per heavy atom. The zero-order valence-electron chi connectivity index (χ0n) is 5.62. The van der Waals surface area contributed by atoms with Crippen LogP contribution in [-0.4, -0.2) is 24.6 Å². The van der Waals surface area contributed by atoms with E-state index >= 15 is 0 Å². The van der Waals surface area contributed by atoms with Crippen LogP contribution in [0.15, 0.2) is 0 Å². The first-order valence-electron chi connectivity index (χ1n) is 3.03. The number of cyclic esters (lactones) is 2. The van der Waals surface area contributed by atoms with Gasteiger partial charge in [-0.3, -0.25) is 4.79 Å². The molecule has 0 bridgehead atoms. The van der Waals surface area contributed by atoms with Crippen LogP contribution in [0.4, 0.5) is 0 Å². The number of carbonyl (C=O) groups excluding carboxylic acids is 2. The minimum atomic E-state index is -0.474. The van der Waals surface area contributed by atoms with Crippen molar-refractivity contribution in [1.82, 2.24) is 0 Å². The third-order valence-electron chi connectivity index (χ3n) is 1.14. The van der Waals surface area contributed by atoms with Gasteiger partial charge in [0.25, 0.3) is 0 Å². The summed E-state index contributed by atoms with van der Waals surface area (Å²) >= 11 is 0. The molecule has 4 heteroatoms. The van der Waals surface area contributed by atoms with Gasteiger partial charge in [0.2, 0.25) is 0 Å². The van der Waals surface area contributed by atoms with E-state index in [9.17, 15) is 9.59 Å². The monoisotopic (exact) mass is 144 g/mol. The number of esters is 2. The molecule has 0 radical (unpaired) electrons. The fourth-order valence-electron chi connectivity index (χ4n) is 0.733. The third-order valence-corrected chi connectivity index (χ3v) is 1.14. The highest BCUT2D eigenvalue weighted by Crippen LogP contribution is 2.04. The van der Waals surface area contributed by atoms with Gasteiger partial charge in [-0.2, -0.15) is 0 Å². The van der Waals surface area contributed by atoms with Crippen LogP contribution in [-0.2, 0) is 19.1 Å². The molecule has 1 saturated heterocycles. The average molecular weight is 144 g/mol. The van der Waals surface area contributed by atoms with E-state index in [-0.39, 0.29) is 25.1 Å². The van der Waals surface area contributed by atoms with Crippen LogP contribution in [0.3, 0.4) is 0 Å². The van der Waals surface area contributed by atoms with E-state index in [1.54, 1.807) is 6.92 Å². The molecule has 0 aliphatic carbocycles. The fourth-order valence-corrected chi connectivity index (χ4v) is 0.733. The lowest BCUT2D eigenvalue weighted by Gasteiger charge is -2.03. The minimum absolute atomic E-state index is 0.158. The molecule has 0 aromatic heterocycles. The van der Waals surface area contributed by atoms with Gasteiger partial charge < -0.3 is 9.47 Å². The smallest absolute Gasteiger partial charge is 0.344 e. The second-order valence-corrected chi connectivity index (χ2v) is 2.17. The van der Waals surface area contributed by atoms with E-state index in [0.717, 1.165) is 0 Å². The lowest BCUT2D eigenvalue weighted by molar-refractivity contribution is -0.152. The molecule has 1 heterocycles. The highest BCUT2D eigenvalue weighted by Gasteiger charge is 2.20. The summed E-state index contributed by atoms with van der Waals surface area (Å²) < 4.78 is 9.17. The van der Waals surface area contributed by atoms with Crippen molar-refractivity contribution in [2.75, 3.05) is 6.61 Å². The van der Waals surface area contributed by atoms with Gasteiger partial charge in [-0.25, -0.2) is 4.79 Å². The summed E-state index contributed by atoms with van der Waals surface area (Å²) in [6, 6.07) is 0. The lowest BCUT2D eigenvalue weighted by Crippen LogP contribution is -2.13. The summed E-state index contributed by atoms with van der Waals surface area (Å²) in [4.78, 5) is 21.1. The fraction of sp³-hybridized carbons (Fsp3) is 0.667. The Labute approximate surface area is 58.1 Å². The molecular weight excluding hydrogens is 136 g/mol. The molecule has 1 rings (SSSR count). The molecule has 0 aromatic carbocycles. The number of hydrogen-bond donors (Lipinski definition) is 0. The Morgan fingerprint density at radius 1 is 1.40 bits per heavy atom. The van der Waals surface area contributed by atoms with Crippen LogP contribution < -0.4 is 0 Å². The summed E-state index contributed by atoms with van der Waals surface area (Å²) in [5.41, 5.74) is 0. The zero-order chi connectivity index (χ0) is 7.56. The summed E-state index contributed by atoms with van der Waals surface area (Å²) in [5.74, 6) is -0.850. The van der Waals surface area contributed by atoms with Gasteiger partial charge >= 0.3 is 11.9 Å². The molecule has 1 fully saturated rings. The van der Waals surface area contributed by atoms with E-state index < -0.39 is 5.97 Å². The quantitative estimate of drug-likeness (QED) is 0.444. The molecule has 1 aliphatic rings. The van der Waals surface area contributed by atoms with Crippen molar-refractivity contribution in [3.8, 4) is 0 Å².